The van der Waals surface area contributed by atoms with Crippen molar-refractivity contribution >= 4 is 0 Å². The number of hydrogen-bond acceptors (Lipinski definition) is 4. The summed E-state index contributed by atoms with van der Waals surface area (Å²) in [5.41, 5.74) is 0. The summed E-state index contributed by atoms with van der Waals surface area (Å²) in [6.45, 7) is 4.80. The molecule has 0 spiro atoms. The molecular formula is C9H18O4. The van der Waals surface area contributed by atoms with Gasteiger partial charge in [-0.3, -0.25) is 0 Å². The van der Waals surface area contributed by atoms with Gasteiger partial charge >= 0.3 is 0 Å². The van der Waals surface area contributed by atoms with Gasteiger partial charge in [0.25, 0.3) is 0 Å². The maximum absolute atomic E-state index is 9.64. The smallest absolute Gasteiger partial charge is 0.112 e. The highest BCUT2D eigenvalue weighted by Gasteiger charge is 2.39. The van der Waals surface area contributed by atoms with Crippen molar-refractivity contribution in [3.05, 3.63) is 0 Å². The minimum Gasteiger partial charge on any atom is -0.388 e. The highest BCUT2D eigenvalue weighted by molar-refractivity contribution is 4.87. The van der Waals surface area contributed by atoms with Crippen LogP contribution in [0.4, 0.5) is 0 Å². The van der Waals surface area contributed by atoms with Crippen LogP contribution in [0.3, 0.4) is 0 Å². The Morgan fingerprint density at radius 3 is 2.38 bits per heavy atom. The molecule has 4 heteroatoms. The van der Waals surface area contributed by atoms with Gasteiger partial charge in [0.2, 0.25) is 0 Å². The second-order valence-corrected chi connectivity index (χ2v) is 3.37. The molecule has 1 saturated heterocycles. The average Bonchev–Trinajstić information content (AvgIpc) is 2.32. The maximum atomic E-state index is 9.64. The molecule has 0 aromatic heterocycles. The Labute approximate surface area is 78.8 Å². The summed E-state index contributed by atoms with van der Waals surface area (Å²) in [5, 5.41) is 9.64. The van der Waals surface area contributed by atoms with Gasteiger partial charge in [-0.05, 0) is 13.8 Å². The van der Waals surface area contributed by atoms with E-state index < -0.39 is 6.10 Å². The van der Waals surface area contributed by atoms with Gasteiger partial charge in [-0.15, -0.1) is 0 Å². The summed E-state index contributed by atoms with van der Waals surface area (Å²) in [7, 11) is 1.62. The lowest BCUT2D eigenvalue weighted by atomic mass is 10.1. The van der Waals surface area contributed by atoms with E-state index in [9.17, 15) is 5.11 Å². The maximum Gasteiger partial charge on any atom is 0.112 e. The first-order valence-corrected chi connectivity index (χ1v) is 4.61. The highest BCUT2D eigenvalue weighted by Crippen LogP contribution is 2.22. The van der Waals surface area contributed by atoms with Crippen LogP contribution in [0, 0.1) is 0 Å². The summed E-state index contributed by atoms with van der Waals surface area (Å²) in [6.07, 6.45) is -0.915. The summed E-state index contributed by atoms with van der Waals surface area (Å²) in [4.78, 5) is 0. The van der Waals surface area contributed by atoms with E-state index in [2.05, 4.69) is 0 Å². The summed E-state index contributed by atoms with van der Waals surface area (Å²) >= 11 is 0. The van der Waals surface area contributed by atoms with Gasteiger partial charge in [-0.25, -0.2) is 0 Å². The molecule has 0 aliphatic carbocycles. The molecule has 0 aromatic rings. The molecule has 0 saturated carbocycles. The second-order valence-electron chi connectivity index (χ2n) is 3.37. The molecule has 4 atom stereocenters. The molecule has 1 rings (SSSR count). The van der Waals surface area contributed by atoms with Gasteiger partial charge < -0.3 is 19.3 Å². The first-order valence-electron chi connectivity index (χ1n) is 4.61. The molecule has 0 unspecified atom stereocenters. The lowest BCUT2D eigenvalue weighted by molar-refractivity contribution is -0.0476. The number of ether oxygens (including phenoxy) is 3. The van der Waals surface area contributed by atoms with E-state index in [1.54, 1.807) is 7.11 Å². The van der Waals surface area contributed by atoms with E-state index in [4.69, 9.17) is 14.2 Å². The quantitative estimate of drug-likeness (QED) is 0.643. The van der Waals surface area contributed by atoms with E-state index >= 15 is 0 Å². The third kappa shape index (κ3) is 2.64. The molecule has 1 heterocycles. The van der Waals surface area contributed by atoms with Crippen molar-refractivity contribution in [1.82, 2.24) is 0 Å². The zero-order valence-electron chi connectivity index (χ0n) is 8.40. The van der Waals surface area contributed by atoms with Crippen LogP contribution in [0.5, 0.6) is 0 Å². The topological polar surface area (TPSA) is 47.9 Å². The molecule has 1 aliphatic heterocycles. The molecule has 4 nitrogen and oxygen atoms in total. The minimum atomic E-state index is -0.521. The lowest BCUT2D eigenvalue weighted by Gasteiger charge is -2.17. The zero-order chi connectivity index (χ0) is 9.84. The average molecular weight is 190 g/mol. The molecule has 1 aliphatic rings. The van der Waals surface area contributed by atoms with E-state index in [1.165, 1.54) is 0 Å². The zero-order valence-corrected chi connectivity index (χ0v) is 8.40. The molecule has 1 fully saturated rings. The van der Waals surface area contributed by atoms with Crippen molar-refractivity contribution in [2.24, 2.45) is 0 Å². The van der Waals surface area contributed by atoms with E-state index in [1.807, 2.05) is 13.8 Å². The van der Waals surface area contributed by atoms with Crippen LogP contribution in [-0.4, -0.2) is 49.8 Å². The van der Waals surface area contributed by atoms with Crippen LogP contribution >= 0.6 is 0 Å². The lowest BCUT2D eigenvalue weighted by Crippen LogP contribution is -2.34. The van der Waals surface area contributed by atoms with E-state index in [-0.39, 0.29) is 18.3 Å². The van der Waals surface area contributed by atoms with Crippen molar-refractivity contribution in [2.45, 2.75) is 38.3 Å². The number of rotatable bonds is 4. The molecule has 0 aromatic carbocycles. The molecule has 0 bridgehead atoms. The Hall–Kier alpha value is -0.160. The van der Waals surface area contributed by atoms with Gasteiger partial charge in [0, 0.05) is 7.11 Å². The Bertz CT molecular complexity index is 151. The van der Waals surface area contributed by atoms with Crippen molar-refractivity contribution < 1.29 is 19.3 Å². The Kier molecular flexibility index (Phi) is 4.12. The first-order chi connectivity index (χ1) is 6.16. The van der Waals surface area contributed by atoms with Crippen LogP contribution in [0.25, 0.3) is 0 Å². The Morgan fingerprint density at radius 1 is 1.23 bits per heavy atom. The monoisotopic (exact) mass is 190 g/mol. The van der Waals surface area contributed by atoms with Gasteiger partial charge in [-0.1, -0.05) is 0 Å². The minimum absolute atomic E-state index is 0.0399. The molecule has 0 radical (unpaired) electrons. The highest BCUT2D eigenvalue weighted by atomic mass is 16.6. The molecule has 78 valence electrons. The summed E-state index contributed by atoms with van der Waals surface area (Å²) in [5.74, 6) is 0. The third-order valence-corrected chi connectivity index (χ3v) is 2.31. The van der Waals surface area contributed by atoms with Gasteiger partial charge in [0.1, 0.15) is 12.2 Å². The van der Waals surface area contributed by atoms with Crippen LogP contribution in [-0.2, 0) is 14.2 Å². The standard InChI is InChI=1S/C9H18O4/c1-6-8(10)9(7(2)13-6)12-5-4-11-3/h6-10H,4-5H2,1-3H3/t6-,7+,8-,9+/m1/s1. The van der Waals surface area contributed by atoms with Gasteiger partial charge in [0.15, 0.2) is 0 Å². The van der Waals surface area contributed by atoms with Gasteiger partial charge in [-0.2, -0.15) is 0 Å². The molecule has 0 amide bonds. The largest absolute Gasteiger partial charge is 0.388 e. The molecule has 1 N–H and O–H groups in total. The van der Waals surface area contributed by atoms with Crippen LogP contribution in [0.2, 0.25) is 0 Å². The first kappa shape index (κ1) is 10.9. The second kappa shape index (κ2) is 4.91. The van der Waals surface area contributed by atoms with Crippen LogP contribution < -0.4 is 0 Å². The predicted molar refractivity (Wildman–Crippen MR) is 47.6 cm³/mol. The number of methoxy groups -OCH3 is 1. The summed E-state index contributed by atoms with van der Waals surface area (Å²) < 4.78 is 15.7. The van der Waals surface area contributed by atoms with Crippen molar-refractivity contribution in [1.29, 1.82) is 0 Å². The van der Waals surface area contributed by atoms with Crippen molar-refractivity contribution in [3.63, 3.8) is 0 Å². The molecular weight excluding hydrogens is 172 g/mol. The van der Waals surface area contributed by atoms with Gasteiger partial charge in [0.05, 0.1) is 25.4 Å². The fourth-order valence-corrected chi connectivity index (χ4v) is 1.54. The number of aliphatic hydroxyl groups is 1. The summed E-state index contributed by atoms with van der Waals surface area (Å²) in [6, 6.07) is 0. The third-order valence-electron chi connectivity index (χ3n) is 2.31. The molecule has 13 heavy (non-hydrogen) atoms. The van der Waals surface area contributed by atoms with E-state index in [0.717, 1.165) is 0 Å². The van der Waals surface area contributed by atoms with Crippen molar-refractivity contribution in [3.8, 4) is 0 Å². The normalized spacial score (nSPS) is 39.7. The fraction of sp³-hybridized carbons (Fsp3) is 1.00. The Morgan fingerprint density at radius 2 is 1.92 bits per heavy atom. The van der Waals surface area contributed by atoms with E-state index in [0.29, 0.717) is 13.2 Å². The predicted octanol–water partition coefficient (Wildman–Crippen LogP) is 0.186. The Balaban J connectivity index is 2.31. The number of aliphatic hydroxyl groups excluding tert-OH is 1. The fourth-order valence-electron chi connectivity index (χ4n) is 1.54. The SMILES string of the molecule is COCCO[C@@H]1[C@H](O)[C@@H](C)O[C@H]1C. The van der Waals surface area contributed by atoms with Crippen molar-refractivity contribution in [2.75, 3.05) is 20.3 Å². The van der Waals surface area contributed by atoms with Crippen LogP contribution in [0.1, 0.15) is 13.8 Å². The van der Waals surface area contributed by atoms with Crippen LogP contribution in [0.15, 0.2) is 0 Å². The number of hydrogen-bond donors (Lipinski definition) is 1.